The molecule has 8 aromatic carbocycles. The third-order valence-electron chi connectivity index (χ3n) is 13.7. The Hall–Kier alpha value is -9.58. The predicted molar refractivity (Wildman–Crippen MR) is 297 cm³/mol. The van der Waals surface area contributed by atoms with Crippen LogP contribution in [0.4, 0.5) is 0 Å². The molecule has 5 nitrogen and oxygen atoms in total. The summed E-state index contributed by atoms with van der Waals surface area (Å²) < 4.78 is 27.9. The lowest BCUT2D eigenvalue weighted by molar-refractivity contribution is 1.08. The topological polar surface area (TPSA) is 56.0 Å². The zero-order valence-electron chi connectivity index (χ0n) is 42.0. The molecule has 0 amide bonds. The smallest absolute Gasteiger partial charge is 0.111 e. The van der Waals surface area contributed by atoms with Crippen molar-refractivity contribution in [1.29, 1.82) is 0 Å². The predicted octanol–water partition coefficient (Wildman–Crippen LogP) is 17.1. The first-order chi connectivity index (χ1) is 36.8. The monoisotopic (exact) mass is 922 g/mol. The third-order valence-corrected chi connectivity index (χ3v) is 13.7. The van der Waals surface area contributed by atoms with Gasteiger partial charge in [-0.25, -0.2) is 4.98 Å². The van der Waals surface area contributed by atoms with Gasteiger partial charge in [-0.2, -0.15) is 0 Å². The van der Waals surface area contributed by atoms with Gasteiger partial charge >= 0.3 is 0 Å². The second-order valence-electron chi connectivity index (χ2n) is 18.0. The lowest BCUT2D eigenvalue weighted by Crippen LogP contribution is -1.96. The maximum Gasteiger partial charge on any atom is 0.111 e. The Kier molecular flexibility index (Phi) is 9.85. The highest BCUT2D eigenvalue weighted by molar-refractivity contribution is 6.14. The van der Waals surface area contributed by atoms with E-state index in [2.05, 4.69) is 146 Å². The summed E-state index contributed by atoms with van der Waals surface area (Å²) in [7, 11) is 0. The Morgan fingerprint density at radius 3 is 1.22 bits per heavy atom. The molecule has 0 spiro atoms. The van der Waals surface area contributed by atoms with Crippen LogP contribution >= 0.6 is 0 Å². The maximum atomic E-state index is 8.71. The fourth-order valence-corrected chi connectivity index (χ4v) is 10.3. The van der Waals surface area contributed by atoms with Crippen molar-refractivity contribution in [2.24, 2.45) is 0 Å². The minimum absolute atomic E-state index is 0.0102. The molecule has 0 aliphatic carbocycles. The van der Waals surface area contributed by atoms with Crippen LogP contribution in [-0.2, 0) is 0 Å². The van der Waals surface area contributed by atoms with Gasteiger partial charge in [0.1, 0.15) is 5.82 Å². The van der Waals surface area contributed by atoms with Crippen molar-refractivity contribution in [3.63, 3.8) is 0 Å². The molecule has 5 heteroatoms. The zero-order valence-corrected chi connectivity index (χ0v) is 39.0. The third kappa shape index (κ3) is 7.61. The molecule has 0 atom stereocenters. The number of aromatic nitrogens is 5. The van der Waals surface area contributed by atoms with Crippen LogP contribution in [0.2, 0.25) is 0 Å². The SMILES string of the molecule is [2H]C([2H])([2H])c1nc(-c2ccccc2)c2c3cc(-c4ccccc4-c4cc(-c5ccccc5-c5ccc(-c6ccccc6)nc5)cc(-c5ccccc5-c5ccc(-c6ccccc6)nc5)c4)cnc3c3ccccc3n12. The number of aryl methyl sites for hydroxylation is 1. The van der Waals surface area contributed by atoms with Crippen molar-refractivity contribution in [1.82, 2.24) is 24.3 Å². The van der Waals surface area contributed by atoms with Crippen molar-refractivity contribution < 1.29 is 4.11 Å². The molecule has 338 valence electrons. The molecule has 0 N–H and O–H groups in total. The molecule has 13 rings (SSSR count). The van der Waals surface area contributed by atoms with Crippen molar-refractivity contribution in [2.75, 3.05) is 0 Å². The minimum Gasteiger partial charge on any atom is -0.295 e. The van der Waals surface area contributed by atoms with Gasteiger partial charge in [0.05, 0.1) is 33.6 Å². The van der Waals surface area contributed by atoms with Gasteiger partial charge in [0.15, 0.2) is 0 Å². The second-order valence-corrected chi connectivity index (χ2v) is 18.0. The Morgan fingerprint density at radius 1 is 0.333 bits per heavy atom. The average Bonchev–Trinajstić information content (AvgIpc) is 3.95. The van der Waals surface area contributed by atoms with Crippen molar-refractivity contribution in [3.8, 4) is 101 Å². The molecule has 0 fully saturated rings. The highest BCUT2D eigenvalue weighted by atomic mass is 15.0. The van der Waals surface area contributed by atoms with Crippen LogP contribution in [0.1, 0.15) is 9.94 Å². The highest BCUT2D eigenvalue weighted by Crippen LogP contribution is 2.44. The van der Waals surface area contributed by atoms with Crippen molar-refractivity contribution >= 4 is 27.3 Å². The number of hydrogen-bond acceptors (Lipinski definition) is 4. The molecule has 13 aromatic rings. The molecule has 0 bridgehead atoms. The van der Waals surface area contributed by atoms with E-state index in [1.54, 1.807) is 0 Å². The van der Waals surface area contributed by atoms with Gasteiger partial charge < -0.3 is 0 Å². The van der Waals surface area contributed by atoms with Gasteiger partial charge in [-0.1, -0.05) is 194 Å². The van der Waals surface area contributed by atoms with Gasteiger partial charge in [0.25, 0.3) is 0 Å². The van der Waals surface area contributed by atoms with Gasteiger partial charge in [0.2, 0.25) is 0 Å². The van der Waals surface area contributed by atoms with E-state index < -0.39 is 6.85 Å². The summed E-state index contributed by atoms with van der Waals surface area (Å²) in [5.74, 6) is 0.0102. The van der Waals surface area contributed by atoms with Crippen LogP contribution < -0.4 is 0 Å². The summed E-state index contributed by atoms with van der Waals surface area (Å²) in [5.41, 5.74) is 19.8. The quantitative estimate of drug-likeness (QED) is 0.135. The fraction of sp³-hybridized carbons (Fsp3) is 0.0149. The van der Waals surface area contributed by atoms with Gasteiger partial charge in [-0.15, -0.1) is 0 Å². The van der Waals surface area contributed by atoms with E-state index in [9.17, 15) is 0 Å². The van der Waals surface area contributed by atoms with E-state index in [1.165, 1.54) is 0 Å². The number of fused-ring (bicyclic) bond motifs is 6. The Morgan fingerprint density at radius 2 is 0.750 bits per heavy atom. The van der Waals surface area contributed by atoms with Crippen LogP contribution in [0, 0.1) is 6.85 Å². The second kappa shape index (κ2) is 18.1. The molecule has 0 saturated heterocycles. The summed E-state index contributed by atoms with van der Waals surface area (Å²) in [6.07, 6.45) is 5.89. The Labute approximate surface area is 422 Å². The van der Waals surface area contributed by atoms with E-state index in [0.717, 1.165) is 117 Å². The molecule has 5 aromatic heterocycles. The van der Waals surface area contributed by atoms with E-state index in [-0.39, 0.29) is 5.82 Å². The van der Waals surface area contributed by atoms with Gasteiger partial charge in [-0.05, 0) is 99.4 Å². The largest absolute Gasteiger partial charge is 0.295 e. The molecule has 0 aliphatic heterocycles. The fourth-order valence-electron chi connectivity index (χ4n) is 10.3. The number of rotatable bonds is 9. The molecule has 0 saturated carbocycles. The van der Waals surface area contributed by atoms with Crippen LogP contribution in [0.25, 0.3) is 128 Å². The molecule has 72 heavy (non-hydrogen) atoms. The summed E-state index contributed by atoms with van der Waals surface area (Å²) >= 11 is 0. The summed E-state index contributed by atoms with van der Waals surface area (Å²) in [6, 6.07) is 81.3. The minimum atomic E-state index is -2.49. The highest BCUT2D eigenvalue weighted by Gasteiger charge is 2.21. The standard InChI is InChI=1S/C67H45N5/c1-44-71-65(47-23-9-4-10-24-47)67-61-40-53(43-70-66(61)60-31-17-18-32-64(60)72(44)67)59-30-16-15-29-58(59)52-38-50(56-27-13-11-25-54(56)48-33-35-62(68-41-48)45-19-5-2-6-20-45)37-51(39-52)57-28-14-12-26-55(57)49-34-36-63(69-42-49)46-21-7-3-8-22-46/h2-43H,1H3/i1D3. The van der Waals surface area contributed by atoms with Crippen LogP contribution in [-0.4, -0.2) is 24.3 Å². The van der Waals surface area contributed by atoms with E-state index in [0.29, 0.717) is 11.2 Å². The molecule has 0 aliphatic rings. The maximum absolute atomic E-state index is 8.71. The first kappa shape index (κ1) is 39.3. The lowest BCUT2D eigenvalue weighted by atomic mass is 9.86. The lowest BCUT2D eigenvalue weighted by Gasteiger charge is -2.18. The number of imidazole rings is 1. The van der Waals surface area contributed by atoms with E-state index in [1.807, 2.05) is 114 Å². The van der Waals surface area contributed by atoms with Crippen LogP contribution in [0.5, 0.6) is 0 Å². The van der Waals surface area contributed by atoms with E-state index >= 15 is 0 Å². The summed E-state index contributed by atoms with van der Waals surface area (Å²) in [6.45, 7) is -2.49. The number of benzene rings is 8. The number of pyridine rings is 4. The summed E-state index contributed by atoms with van der Waals surface area (Å²) in [4.78, 5) is 20.1. The average molecular weight is 923 g/mol. The number of nitrogens with zero attached hydrogens (tertiary/aromatic N) is 5. The molecule has 0 radical (unpaired) electrons. The van der Waals surface area contributed by atoms with Crippen LogP contribution in [0.3, 0.4) is 0 Å². The zero-order chi connectivity index (χ0) is 50.5. The Bertz CT molecular complexity index is 4100. The molecule has 0 unspecified atom stereocenters. The Balaban J connectivity index is 1.02. The van der Waals surface area contributed by atoms with Crippen molar-refractivity contribution in [3.05, 3.63) is 261 Å². The number of para-hydroxylation sites is 1. The molecular weight excluding hydrogens is 875 g/mol. The first-order valence-corrected chi connectivity index (χ1v) is 24.1. The van der Waals surface area contributed by atoms with Gasteiger partial charge in [-0.3, -0.25) is 19.4 Å². The van der Waals surface area contributed by atoms with Crippen molar-refractivity contribution in [2.45, 2.75) is 6.85 Å². The molecular formula is C67H45N5. The number of hydrogen-bond donors (Lipinski definition) is 0. The normalized spacial score (nSPS) is 12.2. The van der Waals surface area contributed by atoms with Gasteiger partial charge in [0, 0.05) is 66.9 Å². The first-order valence-electron chi connectivity index (χ1n) is 25.6. The molecule has 5 heterocycles. The summed E-state index contributed by atoms with van der Waals surface area (Å²) in [5, 5.41) is 1.64. The van der Waals surface area contributed by atoms with E-state index in [4.69, 9.17) is 24.0 Å². The van der Waals surface area contributed by atoms with Crippen LogP contribution in [0.15, 0.2) is 255 Å².